The Morgan fingerprint density at radius 3 is 2.48 bits per heavy atom. The number of H-pyrrole nitrogens is 1. The van der Waals surface area contributed by atoms with Crippen LogP contribution in [-0.4, -0.2) is 54.7 Å². The van der Waals surface area contributed by atoms with E-state index in [0.29, 0.717) is 5.56 Å². The van der Waals surface area contributed by atoms with Gasteiger partial charge >= 0.3 is 0 Å². The second-order valence-electron chi connectivity index (χ2n) is 6.40. The number of nitrogens with zero attached hydrogens (tertiary/aromatic N) is 2. The van der Waals surface area contributed by atoms with Gasteiger partial charge in [0.25, 0.3) is 5.91 Å². The minimum atomic E-state index is -3.77. The number of hydrogen-bond acceptors (Lipinski definition) is 3. The van der Waals surface area contributed by atoms with Crippen LogP contribution >= 0.6 is 0 Å². The summed E-state index contributed by atoms with van der Waals surface area (Å²) in [5.41, 5.74) is 1.46. The number of amides is 1. The number of nitrogens with one attached hydrogen (secondary N) is 1. The molecule has 6 nitrogen and oxygen atoms in total. The van der Waals surface area contributed by atoms with Gasteiger partial charge < -0.3 is 9.88 Å². The molecule has 1 fully saturated rings. The average Bonchev–Trinajstić information content (AvgIpc) is 3.12. The molecule has 1 amide bonds. The molecule has 4 rings (SSSR count). The van der Waals surface area contributed by atoms with Gasteiger partial charge in [-0.3, -0.25) is 4.79 Å². The summed E-state index contributed by atoms with van der Waals surface area (Å²) >= 11 is 0. The van der Waals surface area contributed by atoms with Crippen LogP contribution in [-0.2, 0) is 10.0 Å². The maximum absolute atomic E-state index is 13.4. The molecule has 0 atom stereocenters. The van der Waals surface area contributed by atoms with E-state index in [9.17, 15) is 17.6 Å². The summed E-state index contributed by atoms with van der Waals surface area (Å²) in [5.74, 6) is -0.723. The maximum atomic E-state index is 13.4. The van der Waals surface area contributed by atoms with Crippen molar-refractivity contribution in [3.8, 4) is 0 Å². The van der Waals surface area contributed by atoms with Crippen molar-refractivity contribution < 1.29 is 17.6 Å². The van der Waals surface area contributed by atoms with Crippen LogP contribution in [0.5, 0.6) is 0 Å². The Bertz CT molecular complexity index is 1100. The van der Waals surface area contributed by atoms with Crippen LogP contribution < -0.4 is 0 Å². The van der Waals surface area contributed by atoms with E-state index < -0.39 is 15.8 Å². The van der Waals surface area contributed by atoms with Crippen LogP contribution in [0.15, 0.2) is 59.6 Å². The Labute approximate surface area is 156 Å². The number of carbonyl (C=O) groups excluding carboxylic acids is 1. The molecule has 0 saturated carbocycles. The molecule has 1 aliphatic heterocycles. The highest BCUT2D eigenvalue weighted by molar-refractivity contribution is 7.89. The number of hydrogen-bond donors (Lipinski definition) is 1. The molecule has 3 aromatic rings. The summed E-state index contributed by atoms with van der Waals surface area (Å²) in [6.07, 6.45) is 1.68. The second-order valence-corrected chi connectivity index (χ2v) is 8.34. The van der Waals surface area contributed by atoms with E-state index in [0.717, 1.165) is 17.0 Å². The molecule has 2 aromatic carbocycles. The van der Waals surface area contributed by atoms with E-state index in [2.05, 4.69) is 4.98 Å². The summed E-state index contributed by atoms with van der Waals surface area (Å²) in [6.45, 7) is 0.916. The summed E-state index contributed by atoms with van der Waals surface area (Å²) in [7, 11) is -3.77. The molecule has 140 valence electrons. The maximum Gasteiger partial charge on any atom is 0.256 e. The van der Waals surface area contributed by atoms with Crippen molar-refractivity contribution in [1.29, 1.82) is 0 Å². The number of fused-ring (bicyclic) bond motifs is 1. The predicted molar refractivity (Wildman–Crippen MR) is 99.4 cm³/mol. The van der Waals surface area contributed by atoms with E-state index in [1.54, 1.807) is 11.1 Å². The number of benzene rings is 2. The normalized spacial score (nSPS) is 16.0. The average molecular weight is 387 g/mol. The van der Waals surface area contributed by atoms with Crippen molar-refractivity contribution in [2.75, 3.05) is 26.2 Å². The molecule has 0 spiro atoms. The van der Waals surface area contributed by atoms with Gasteiger partial charge in [-0.15, -0.1) is 0 Å². The predicted octanol–water partition coefficient (Wildman–Crippen LogP) is 2.45. The van der Waals surface area contributed by atoms with Crippen molar-refractivity contribution in [2.45, 2.75) is 4.90 Å². The number of aromatic amines is 1. The molecular weight excluding hydrogens is 369 g/mol. The zero-order valence-electron chi connectivity index (χ0n) is 14.4. The van der Waals surface area contributed by atoms with Crippen molar-refractivity contribution in [3.05, 3.63) is 66.1 Å². The minimum Gasteiger partial charge on any atom is -0.360 e. The van der Waals surface area contributed by atoms with Crippen LogP contribution in [0, 0.1) is 5.82 Å². The third-order valence-electron chi connectivity index (χ3n) is 4.78. The van der Waals surface area contributed by atoms with Gasteiger partial charge in [0, 0.05) is 43.3 Å². The zero-order valence-corrected chi connectivity index (χ0v) is 15.2. The Balaban J connectivity index is 1.49. The van der Waals surface area contributed by atoms with Crippen molar-refractivity contribution in [1.82, 2.24) is 14.2 Å². The van der Waals surface area contributed by atoms with Gasteiger partial charge in [0.2, 0.25) is 10.0 Å². The first-order valence-corrected chi connectivity index (χ1v) is 10.0. The fourth-order valence-electron chi connectivity index (χ4n) is 3.33. The molecule has 1 aliphatic rings. The van der Waals surface area contributed by atoms with Crippen LogP contribution in [0.25, 0.3) is 10.9 Å². The van der Waals surface area contributed by atoms with Gasteiger partial charge in [0.1, 0.15) is 5.82 Å². The Kier molecular flexibility index (Phi) is 4.45. The Hall–Kier alpha value is -2.71. The molecule has 0 radical (unpaired) electrons. The zero-order chi connectivity index (χ0) is 19.0. The molecular formula is C19H18FN3O3S. The van der Waals surface area contributed by atoms with Crippen LogP contribution in [0.1, 0.15) is 10.4 Å². The molecule has 8 heteroatoms. The summed E-state index contributed by atoms with van der Waals surface area (Å²) in [6, 6.07) is 12.5. The fourth-order valence-corrected chi connectivity index (χ4v) is 4.78. The van der Waals surface area contributed by atoms with Crippen LogP contribution in [0.3, 0.4) is 0 Å². The molecule has 1 aromatic heterocycles. The lowest BCUT2D eigenvalue weighted by Gasteiger charge is -2.34. The highest BCUT2D eigenvalue weighted by Gasteiger charge is 2.31. The van der Waals surface area contributed by atoms with Crippen LogP contribution in [0.4, 0.5) is 4.39 Å². The molecule has 0 bridgehead atoms. The first kappa shape index (κ1) is 17.7. The standard InChI is InChI=1S/C19H18FN3O3S/c20-14-4-3-5-15(12-14)27(25,26)23-10-8-22(9-11-23)19(24)17-13-21-18-7-2-1-6-16(17)18/h1-7,12-13,21H,8-11H2. The topological polar surface area (TPSA) is 73.5 Å². The quantitative estimate of drug-likeness (QED) is 0.750. The van der Waals surface area contributed by atoms with E-state index in [1.807, 2.05) is 24.3 Å². The number of piperazine rings is 1. The van der Waals surface area contributed by atoms with E-state index in [4.69, 9.17) is 0 Å². The van der Waals surface area contributed by atoms with Gasteiger partial charge in [-0.2, -0.15) is 4.31 Å². The van der Waals surface area contributed by atoms with E-state index in [-0.39, 0.29) is 37.0 Å². The SMILES string of the molecule is O=C(c1c[nH]c2ccccc12)N1CCN(S(=O)(=O)c2cccc(F)c2)CC1. The summed E-state index contributed by atoms with van der Waals surface area (Å²) < 4.78 is 40.0. The van der Waals surface area contributed by atoms with Gasteiger partial charge in [0.05, 0.1) is 10.5 Å². The van der Waals surface area contributed by atoms with Crippen molar-refractivity contribution in [3.63, 3.8) is 0 Å². The Morgan fingerprint density at radius 2 is 1.74 bits per heavy atom. The molecule has 1 N–H and O–H groups in total. The van der Waals surface area contributed by atoms with Crippen molar-refractivity contribution >= 4 is 26.8 Å². The van der Waals surface area contributed by atoms with Gasteiger partial charge in [-0.05, 0) is 24.3 Å². The highest BCUT2D eigenvalue weighted by atomic mass is 32.2. The number of para-hydroxylation sites is 1. The molecule has 2 heterocycles. The highest BCUT2D eigenvalue weighted by Crippen LogP contribution is 2.22. The molecule has 0 aliphatic carbocycles. The van der Waals surface area contributed by atoms with Gasteiger partial charge in [-0.1, -0.05) is 24.3 Å². The lowest BCUT2D eigenvalue weighted by atomic mass is 10.1. The molecule has 0 unspecified atom stereocenters. The number of carbonyl (C=O) groups is 1. The first-order chi connectivity index (χ1) is 13.0. The second kappa shape index (κ2) is 6.79. The fraction of sp³-hybridized carbons (Fsp3) is 0.211. The summed E-state index contributed by atoms with van der Waals surface area (Å²) in [5, 5.41) is 0.845. The number of rotatable bonds is 3. The van der Waals surface area contributed by atoms with Gasteiger partial charge in [-0.25, -0.2) is 12.8 Å². The molecule has 1 saturated heterocycles. The van der Waals surface area contributed by atoms with Gasteiger partial charge in [0.15, 0.2) is 0 Å². The third-order valence-corrected chi connectivity index (χ3v) is 6.67. The van der Waals surface area contributed by atoms with E-state index >= 15 is 0 Å². The number of halogens is 1. The monoisotopic (exact) mass is 387 g/mol. The number of sulfonamides is 1. The lowest BCUT2D eigenvalue weighted by Crippen LogP contribution is -2.50. The molecule has 27 heavy (non-hydrogen) atoms. The summed E-state index contributed by atoms with van der Waals surface area (Å²) in [4.78, 5) is 17.5. The largest absolute Gasteiger partial charge is 0.360 e. The smallest absolute Gasteiger partial charge is 0.256 e. The third kappa shape index (κ3) is 3.22. The minimum absolute atomic E-state index is 0.0705. The lowest BCUT2D eigenvalue weighted by molar-refractivity contribution is 0.0700. The van der Waals surface area contributed by atoms with Crippen molar-refractivity contribution in [2.24, 2.45) is 0 Å². The number of aromatic nitrogens is 1. The Morgan fingerprint density at radius 1 is 1.00 bits per heavy atom. The van der Waals surface area contributed by atoms with Crippen LogP contribution in [0.2, 0.25) is 0 Å². The first-order valence-electron chi connectivity index (χ1n) is 8.58. The van der Waals surface area contributed by atoms with E-state index in [1.165, 1.54) is 22.5 Å².